The van der Waals surface area contributed by atoms with Gasteiger partial charge in [-0.05, 0) is 66.2 Å². The van der Waals surface area contributed by atoms with Gasteiger partial charge in [0.25, 0.3) is 11.8 Å². The van der Waals surface area contributed by atoms with Crippen LogP contribution in [0, 0.1) is 0 Å². The number of ether oxygens (including phenoxy) is 1. The number of nitrogens with two attached hydrogens (primary N) is 2. The number of nitrogen functional groups attached to an aromatic ring is 1. The number of aromatic nitrogens is 1. The van der Waals surface area contributed by atoms with Crippen molar-refractivity contribution in [3.63, 3.8) is 0 Å². The molecule has 0 bridgehead atoms. The second-order valence-electron chi connectivity index (χ2n) is 8.71. The van der Waals surface area contributed by atoms with E-state index < -0.39 is 23.8 Å². The van der Waals surface area contributed by atoms with Gasteiger partial charge in [0, 0.05) is 18.8 Å². The SMILES string of the molecule is CCc1ccc(N(C(=O)c2snc(C(N)=O)c2N)[C@@H](C(=O)NC[C@@H]2CCCO2)c2ccc(O)cc2)cc1. The summed E-state index contributed by atoms with van der Waals surface area (Å²) >= 11 is 0.745. The number of hydrogen-bond acceptors (Lipinski definition) is 8. The first-order valence-corrected chi connectivity index (χ1v) is 12.7. The lowest BCUT2D eigenvalue weighted by molar-refractivity contribution is -0.123. The molecule has 3 aromatic rings. The number of anilines is 2. The molecule has 0 spiro atoms. The number of carbonyl (C=O) groups is 3. The largest absolute Gasteiger partial charge is 0.508 e. The number of hydrogen-bond donors (Lipinski definition) is 4. The van der Waals surface area contributed by atoms with Crippen LogP contribution < -0.4 is 21.7 Å². The predicted octanol–water partition coefficient (Wildman–Crippen LogP) is 2.78. The molecule has 1 aromatic heterocycles. The number of benzene rings is 2. The Morgan fingerprint density at radius 1 is 1.19 bits per heavy atom. The molecule has 1 saturated heterocycles. The number of amides is 3. The second kappa shape index (κ2) is 11.4. The van der Waals surface area contributed by atoms with E-state index in [1.165, 1.54) is 17.0 Å². The van der Waals surface area contributed by atoms with Crippen LogP contribution in [0.4, 0.5) is 11.4 Å². The van der Waals surface area contributed by atoms with Gasteiger partial charge in [-0.15, -0.1) is 0 Å². The van der Waals surface area contributed by atoms with Gasteiger partial charge in [-0.3, -0.25) is 19.3 Å². The van der Waals surface area contributed by atoms with Crippen molar-refractivity contribution in [3.8, 4) is 5.75 Å². The van der Waals surface area contributed by atoms with Crippen molar-refractivity contribution in [3.05, 3.63) is 70.2 Å². The predicted molar refractivity (Wildman–Crippen MR) is 141 cm³/mol. The van der Waals surface area contributed by atoms with Gasteiger partial charge in [0.05, 0.1) is 11.8 Å². The third-order valence-electron chi connectivity index (χ3n) is 6.24. The maximum Gasteiger partial charge on any atom is 0.273 e. The third-order valence-corrected chi connectivity index (χ3v) is 7.09. The minimum atomic E-state index is -1.12. The minimum absolute atomic E-state index is 0.0101. The van der Waals surface area contributed by atoms with E-state index in [1.54, 1.807) is 24.3 Å². The summed E-state index contributed by atoms with van der Waals surface area (Å²) in [6.07, 6.45) is 2.44. The summed E-state index contributed by atoms with van der Waals surface area (Å²) in [6, 6.07) is 12.2. The fourth-order valence-electron chi connectivity index (χ4n) is 4.21. The Morgan fingerprint density at radius 3 is 2.46 bits per heavy atom. The highest BCUT2D eigenvalue weighted by atomic mass is 32.1. The zero-order chi connectivity index (χ0) is 26.5. The molecule has 0 aliphatic carbocycles. The first kappa shape index (κ1) is 26.1. The number of aryl methyl sites for hydroxylation is 1. The molecule has 2 atom stereocenters. The zero-order valence-electron chi connectivity index (χ0n) is 20.3. The highest BCUT2D eigenvalue weighted by molar-refractivity contribution is 7.09. The quantitative estimate of drug-likeness (QED) is 0.335. The summed E-state index contributed by atoms with van der Waals surface area (Å²) in [5.74, 6) is -1.88. The Morgan fingerprint density at radius 2 is 1.89 bits per heavy atom. The van der Waals surface area contributed by atoms with E-state index in [0.717, 1.165) is 36.4 Å². The van der Waals surface area contributed by atoms with Crippen LogP contribution in [0.15, 0.2) is 48.5 Å². The zero-order valence-corrected chi connectivity index (χ0v) is 21.2. The Kier molecular flexibility index (Phi) is 8.04. The number of rotatable bonds is 9. The molecule has 11 heteroatoms. The molecule has 37 heavy (non-hydrogen) atoms. The van der Waals surface area contributed by atoms with Crippen LogP contribution in [-0.2, 0) is 16.0 Å². The Balaban J connectivity index is 1.80. The average Bonchev–Trinajstić information content (AvgIpc) is 3.56. The molecule has 0 unspecified atom stereocenters. The van der Waals surface area contributed by atoms with Crippen LogP contribution in [0.1, 0.15) is 57.1 Å². The summed E-state index contributed by atoms with van der Waals surface area (Å²) in [5.41, 5.74) is 13.1. The third kappa shape index (κ3) is 5.73. The van der Waals surface area contributed by atoms with Crippen molar-refractivity contribution in [1.82, 2.24) is 9.69 Å². The van der Waals surface area contributed by atoms with E-state index in [0.29, 0.717) is 24.4 Å². The topological polar surface area (TPSA) is 161 Å². The van der Waals surface area contributed by atoms with E-state index in [-0.39, 0.29) is 28.1 Å². The molecule has 4 rings (SSSR count). The van der Waals surface area contributed by atoms with Crippen molar-refractivity contribution in [2.75, 3.05) is 23.8 Å². The van der Waals surface area contributed by atoms with Gasteiger partial charge in [-0.25, -0.2) is 0 Å². The van der Waals surface area contributed by atoms with Crippen molar-refractivity contribution < 1.29 is 24.2 Å². The average molecular weight is 524 g/mol. The number of carbonyl (C=O) groups excluding carboxylic acids is 3. The van der Waals surface area contributed by atoms with Crippen LogP contribution in [0.25, 0.3) is 0 Å². The number of nitrogens with zero attached hydrogens (tertiary/aromatic N) is 2. The fraction of sp³-hybridized carbons (Fsp3) is 0.308. The summed E-state index contributed by atoms with van der Waals surface area (Å²) in [4.78, 5) is 40.8. The Hall–Kier alpha value is -3.96. The molecule has 1 aliphatic heterocycles. The van der Waals surface area contributed by atoms with Gasteiger partial charge in [-0.2, -0.15) is 4.37 Å². The molecule has 1 fully saturated rings. The Labute approximate surface area is 218 Å². The maximum absolute atomic E-state index is 14.0. The van der Waals surface area contributed by atoms with Crippen molar-refractivity contribution >= 4 is 40.6 Å². The van der Waals surface area contributed by atoms with E-state index in [2.05, 4.69) is 9.69 Å². The molecule has 0 radical (unpaired) electrons. The summed E-state index contributed by atoms with van der Waals surface area (Å²) in [7, 11) is 0. The van der Waals surface area contributed by atoms with E-state index in [4.69, 9.17) is 16.2 Å². The standard InChI is InChI=1S/C26H29N5O5S/c1-2-15-5-9-17(10-6-15)31(26(35)23-20(27)21(24(28)33)30-37-23)22(16-7-11-18(32)12-8-16)25(34)29-14-19-4-3-13-36-19/h5-12,19,22,32H,2-4,13-14,27H2,1H3,(H2,28,33)(H,29,34)/t19-,22+/m0/s1. The van der Waals surface area contributed by atoms with Crippen LogP contribution >= 0.6 is 11.5 Å². The van der Waals surface area contributed by atoms with Crippen molar-refractivity contribution in [2.24, 2.45) is 5.73 Å². The normalized spacial score (nSPS) is 15.8. The maximum atomic E-state index is 14.0. The lowest BCUT2D eigenvalue weighted by Crippen LogP contribution is -2.45. The van der Waals surface area contributed by atoms with Crippen molar-refractivity contribution in [1.29, 1.82) is 0 Å². The van der Waals surface area contributed by atoms with E-state index in [9.17, 15) is 19.5 Å². The second-order valence-corrected chi connectivity index (χ2v) is 9.48. The van der Waals surface area contributed by atoms with Gasteiger partial charge < -0.3 is 26.6 Å². The van der Waals surface area contributed by atoms with Crippen LogP contribution in [0.2, 0.25) is 0 Å². The lowest BCUT2D eigenvalue weighted by atomic mass is 10.0. The number of phenolic OH excluding ortho intramolecular Hbond substituents is 1. The molecule has 194 valence electrons. The van der Waals surface area contributed by atoms with Gasteiger partial charge in [0.1, 0.15) is 16.7 Å². The highest BCUT2D eigenvalue weighted by Crippen LogP contribution is 2.34. The Bertz CT molecular complexity index is 1270. The molecular formula is C26H29N5O5S. The molecule has 2 heterocycles. The highest BCUT2D eigenvalue weighted by Gasteiger charge is 2.36. The smallest absolute Gasteiger partial charge is 0.273 e. The van der Waals surface area contributed by atoms with Gasteiger partial charge in [-0.1, -0.05) is 31.2 Å². The van der Waals surface area contributed by atoms with Crippen LogP contribution in [0.5, 0.6) is 5.75 Å². The summed E-state index contributed by atoms with van der Waals surface area (Å²) < 4.78 is 9.60. The van der Waals surface area contributed by atoms with Crippen LogP contribution in [0.3, 0.4) is 0 Å². The van der Waals surface area contributed by atoms with E-state index in [1.807, 2.05) is 19.1 Å². The summed E-state index contributed by atoms with van der Waals surface area (Å²) in [5, 5.41) is 12.8. The number of phenols is 1. The number of nitrogens with one attached hydrogen (secondary N) is 1. The van der Waals surface area contributed by atoms with E-state index >= 15 is 0 Å². The molecule has 2 aromatic carbocycles. The van der Waals surface area contributed by atoms with Crippen molar-refractivity contribution in [2.45, 2.75) is 38.3 Å². The van der Waals surface area contributed by atoms with Gasteiger partial charge in [0.15, 0.2) is 5.69 Å². The molecule has 10 nitrogen and oxygen atoms in total. The summed E-state index contributed by atoms with van der Waals surface area (Å²) in [6.45, 7) is 2.95. The van der Waals surface area contributed by atoms with Crippen LogP contribution in [-0.4, -0.2) is 46.5 Å². The fourth-order valence-corrected chi connectivity index (χ4v) is 4.95. The first-order chi connectivity index (χ1) is 17.8. The number of primary amides is 1. The van der Waals surface area contributed by atoms with Gasteiger partial charge in [0.2, 0.25) is 5.91 Å². The molecule has 6 N–H and O–H groups in total. The molecule has 0 saturated carbocycles. The first-order valence-electron chi connectivity index (χ1n) is 12.0. The van der Waals surface area contributed by atoms with Gasteiger partial charge >= 0.3 is 0 Å². The number of aromatic hydroxyl groups is 1. The molecular weight excluding hydrogens is 494 g/mol. The molecule has 1 aliphatic rings. The minimum Gasteiger partial charge on any atom is -0.508 e. The molecule has 3 amide bonds. The lowest BCUT2D eigenvalue weighted by Gasteiger charge is -2.31. The monoisotopic (exact) mass is 523 g/mol.